The number of hydrogen-bond donors (Lipinski definition) is 0. The second kappa shape index (κ2) is 6.89. The molecule has 2 aromatic heterocycles. The molecule has 0 aliphatic rings. The molecule has 0 atom stereocenters. The quantitative estimate of drug-likeness (QED) is 0.320. The summed E-state index contributed by atoms with van der Waals surface area (Å²) in [6.07, 6.45) is 0.676. The van der Waals surface area contributed by atoms with Crippen LogP contribution in [0.1, 0.15) is 17.0 Å². The molecule has 27 heavy (non-hydrogen) atoms. The fourth-order valence-electron chi connectivity index (χ4n) is 3.45. The molecule has 0 fully saturated rings. The lowest BCUT2D eigenvalue weighted by Gasteiger charge is -2.10. The number of nitro groups is 1. The first-order valence-electron chi connectivity index (χ1n) is 8.62. The third-order valence-corrected chi connectivity index (χ3v) is 5.01. The predicted octanol–water partition coefficient (Wildman–Crippen LogP) is 6.07. The molecule has 2 aromatic carbocycles. The van der Waals surface area contributed by atoms with Crippen LogP contribution in [0.4, 0.5) is 5.69 Å². The average Bonchev–Trinajstić information content (AvgIpc) is 3.02. The highest BCUT2D eigenvalue weighted by molar-refractivity contribution is 6.30. The smallest absolute Gasteiger partial charge is 0.269 e. The molecule has 0 radical (unpaired) electrons. The monoisotopic (exact) mass is 376 g/mol. The zero-order valence-corrected chi connectivity index (χ0v) is 15.5. The van der Waals surface area contributed by atoms with Gasteiger partial charge in [-0.3, -0.25) is 10.1 Å². The van der Waals surface area contributed by atoms with Crippen LogP contribution in [0.3, 0.4) is 0 Å². The number of aryl methyl sites for hydroxylation is 1. The summed E-state index contributed by atoms with van der Waals surface area (Å²) in [4.78, 5) is 10.5. The molecule has 0 aliphatic carbocycles. The van der Waals surface area contributed by atoms with Gasteiger partial charge in [-0.15, -0.1) is 0 Å². The number of fused-ring (bicyclic) bond motifs is 1. The Hall–Kier alpha value is -3.11. The Kier molecular flexibility index (Phi) is 4.42. The molecule has 2 heterocycles. The van der Waals surface area contributed by atoms with E-state index in [0.29, 0.717) is 11.4 Å². The van der Waals surface area contributed by atoms with Crippen LogP contribution < -0.4 is 0 Å². The van der Waals surface area contributed by atoms with E-state index in [9.17, 15) is 10.1 Å². The lowest BCUT2D eigenvalue weighted by molar-refractivity contribution is -0.384. The van der Waals surface area contributed by atoms with E-state index in [1.54, 1.807) is 12.1 Å². The Bertz CT molecular complexity index is 1130. The van der Waals surface area contributed by atoms with E-state index >= 15 is 0 Å². The molecular formula is C22H17ClN2O2. The maximum atomic E-state index is 10.9. The minimum absolute atomic E-state index is 0.105. The first-order valence-corrected chi connectivity index (χ1v) is 9.00. The summed E-state index contributed by atoms with van der Waals surface area (Å²) in [7, 11) is 0. The topological polar surface area (TPSA) is 47.5 Å². The van der Waals surface area contributed by atoms with Crippen LogP contribution in [0.25, 0.3) is 16.6 Å². The summed E-state index contributed by atoms with van der Waals surface area (Å²) in [5, 5.41) is 11.6. The molecule has 0 saturated carbocycles. The van der Waals surface area contributed by atoms with E-state index in [2.05, 4.69) is 29.5 Å². The van der Waals surface area contributed by atoms with Crippen molar-refractivity contribution in [2.75, 3.05) is 0 Å². The number of benzene rings is 2. The Balaban J connectivity index is 1.85. The molecule has 0 saturated heterocycles. The van der Waals surface area contributed by atoms with Crippen molar-refractivity contribution in [2.24, 2.45) is 0 Å². The first kappa shape index (κ1) is 17.3. The standard InChI is InChI=1S/C22H17ClN2O2/c1-15-3-2-4-20-14-21(17-7-9-18(23)10-8-17)22(24(15)20)13-16-5-11-19(12-6-16)25(26)27/h2-12,14H,13H2,1H3. The number of rotatable bonds is 4. The molecule has 4 rings (SSSR count). The van der Waals surface area contributed by atoms with Gasteiger partial charge in [0.2, 0.25) is 0 Å². The van der Waals surface area contributed by atoms with Gasteiger partial charge in [0.05, 0.1) is 4.92 Å². The van der Waals surface area contributed by atoms with Gasteiger partial charge in [-0.05, 0) is 48.4 Å². The third-order valence-electron chi connectivity index (χ3n) is 4.76. The van der Waals surface area contributed by atoms with Crippen LogP contribution in [-0.4, -0.2) is 9.32 Å². The molecule has 4 nitrogen and oxygen atoms in total. The van der Waals surface area contributed by atoms with Crippen LogP contribution in [0.15, 0.2) is 72.8 Å². The number of pyridine rings is 1. The molecule has 0 unspecified atom stereocenters. The summed E-state index contributed by atoms with van der Waals surface area (Å²) in [5.74, 6) is 0. The molecule has 4 aromatic rings. The molecular weight excluding hydrogens is 360 g/mol. The highest BCUT2D eigenvalue weighted by Crippen LogP contribution is 2.31. The van der Waals surface area contributed by atoms with Gasteiger partial charge in [0.25, 0.3) is 5.69 Å². The highest BCUT2D eigenvalue weighted by atomic mass is 35.5. The van der Waals surface area contributed by atoms with Crippen LogP contribution in [0.5, 0.6) is 0 Å². The van der Waals surface area contributed by atoms with E-state index < -0.39 is 0 Å². The van der Waals surface area contributed by atoms with Crippen LogP contribution in [-0.2, 0) is 6.42 Å². The Morgan fingerprint density at radius 2 is 1.70 bits per heavy atom. The molecule has 134 valence electrons. The van der Waals surface area contributed by atoms with Crippen molar-refractivity contribution in [1.82, 2.24) is 4.40 Å². The van der Waals surface area contributed by atoms with Gasteiger partial charge in [0.1, 0.15) is 0 Å². The second-order valence-corrected chi connectivity index (χ2v) is 6.98. The van der Waals surface area contributed by atoms with Gasteiger partial charge < -0.3 is 4.40 Å². The second-order valence-electron chi connectivity index (χ2n) is 6.54. The largest absolute Gasteiger partial charge is 0.317 e. The Labute approximate surface area is 161 Å². The lowest BCUT2D eigenvalue weighted by Crippen LogP contribution is -2.00. The number of nitro benzene ring substituents is 1. The van der Waals surface area contributed by atoms with Gasteiger partial charge in [-0.25, -0.2) is 0 Å². The Morgan fingerprint density at radius 1 is 1.00 bits per heavy atom. The highest BCUT2D eigenvalue weighted by Gasteiger charge is 2.15. The molecule has 0 aliphatic heterocycles. The summed E-state index contributed by atoms with van der Waals surface area (Å²) >= 11 is 6.05. The molecule has 0 amide bonds. The lowest BCUT2D eigenvalue weighted by atomic mass is 10.0. The van der Waals surface area contributed by atoms with Crippen LogP contribution >= 0.6 is 11.6 Å². The van der Waals surface area contributed by atoms with Crippen molar-refractivity contribution in [3.8, 4) is 11.1 Å². The van der Waals surface area contributed by atoms with Gasteiger partial charge >= 0.3 is 0 Å². The normalized spacial score (nSPS) is 11.0. The van der Waals surface area contributed by atoms with E-state index in [4.69, 9.17) is 11.6 Å². The van der Waals surface area contributed by atoms with Gasteiger partial charge in [-0.2, -0.15) is 0 Å². The average molecular weight is 377 g/mol. The minimum Gasteiger partial charge on any atom is -0.317 e. The van der Waals surface area contributed by atoms with E-state index in [0.717, 1.165) is 33.6 Å². The van der Waals surface area contributed by atoms with E-state index in [-0.39, 0.29) is 10.6 Å². The number of hydrogen-bond acceptors (Lipinski definition) is 2. The first-order chi connectivity index (χ1) is 13.0. The molecule has 5 heteroatoms. The van der Waals surface area contributed by atoms with Gasteiger partial charge in [0.15, 0.2) is 0 Å². The Morgan fingerprint density at radius 3 is 2.37 bits per heavy atom. The molecule has 0 spiro atoms. The zero-order chi connectivity index (χ0) is 19.0. The predicted molar refractivity (Wildman–Crippen MR) is 108 cm³/mol. The number of nitrogens with zero attached hydrogens (tertiary/aromatic N) is 2. The van der Waals surface area contributed by atoms with Gasteiger partial charge in [-0.1, -0.05) is 41.9 Å². The maximum Gasteiger partial charge on any atom is 0.269 e. The fraction of sp³-hybridized carbons (Fsp3) is 0.0909. The summed E-state index contributed by atoms with van der Waals surface area (Å²) in [6.45, 7) is 2.08. The van der Waals surface area contributed by atoms with Crippen LogP contribution in [0.2, 0.25) is 5.02 Å². The van der Waals surface area contributed by atoms with Crippen molar-refractivity contribution in [2.45, 2.75) is 13.3 Å². The van der Waals surface area contributed by atoms with E-state index in [1.165, 1.54) is 0 Å². The summed E-state index contributed by atoms with van der Waals surface area (Å²) in [6, 6.07) is 23.0. The zero-order valence-electron chi connectivity index (χ0n) is 14.7. The van der Waals surface area contributed by atoms with Crippen molar-refractivity contribution < 1.29 is 4.92 Å². The maximum absolute atomic E-state index is 10.9. The summed E-state index contributed by atoms with van der Waals surface area (Å²) < 4.78 is 2.24. The van der Waals surface area contributed by atoms with Crippen molar-refractivity contribution in [1.29, 1.82) is 0 Å². The SMILES string of the molecule is Cc1cccc2cc(-c3ccc(Cl)cc3)c(Cc3ccc([N+](=O)[O-])cc3)n12. The molecule has 0 N–H and O–H groups in total. The number of halogens is 1. The van der Waals surface area contributed by atoms with Crippen molar-refractivity contribution >= 4 is 22.8 Å². The minimum atomic E-state index is -0.375. The number of non-ortho nitro benzene ring substituents is 1. The van der Waals surface area contributed by atoms with Crippen molar-refractivity contribution in [3.05, 3.63) is 105 Å². The van der Waals surface area contributed by atoms with Crippen LogP contribution in [0, 0.1) is 17.0 Å². The van der Waals surface area contributed by atoms with E-state index in [1.807, 2.05) is 42.5 Å². The number of aromatic nitrogens is 1. The molecule has 0 bridgehead atoms. The fourth-order valence-corrected chi connectivity index (χ4v) is 3.58. The third kappa shape index (κ3) is 3.32. The van der Waals surface area contributed by atoms with Gasteiger partial charge in [0, 0.05) is 46.0 Å². The van der Waals surface area contributed by atoms with Crippen molar-refractivity contribution in [3.63, 3.8) is 0 Å². The summed E-state index contributed by atoms with van der Waals surface area (Å²) in [5.41, 5.74) is 6.78.